The van der Waals surface area contributed by atoms with Crippen molar-refractivity contribution < 1.29 is 37.3 Å². The number of benzene rings is 3. The summed E-state index contributed by atoms with van der Waals surface area (Å²) in [6.45, 7) is 4.95. The number of morpholine rings is 1. The Labute approximate surface area is 271 Å². The van der Waals surface area contributed by atoms with Crippen LogP contribution in [0.3, 0.4) is 0 Å². The van der Waals surface area contributed by atoms with E-state index in [4.69, 9.17) is 19.4 Å². The minimum atomic E-state index is -5.08. The lowest BCUT2D eigenvalue weighted by atomic mass is 10.1. The maximum Gasteiger partial charge on any atom is 0.490 e. The normalized spacial score (nSPS) is 12.9. The third-order valence-corrected chi connectivity index (χ3v) is 7.06. The van der Waals surface area contributed by atoms with Gasteiger partial charge in [-0.3, -0.25) is 4.79 Å². The second-order valence-electron chi connectivity index (χ2n) is 10.3. The Morgan fingerprint density at radius 3 is 2.44 bits per heavy atom. The summed E-state index contributed by atoms with van der Waals surface area (Å²) in [5.41, 5.74) is 5.45. The number of aryl methyl sites for hydroxylation is 1. The number of anilines is 4. The van der Waals surface area contributed by atoms with Crippen molar-refractivity contribution in [2.75, 3.05) is 48.9 Å². The Hall–Kier alpha value is -5.97. The number of hydrogen-bond acceptors (Lipinski definition) is 10. The summed E-state index contributed by atoms with van der Waals surface area (Å²) in [5.74, 6) is -1.84. The van der Waals surface area contributed by atoms with Gasteiger partial charge in [-0.1, -0.05) is 29.4 Å². The second-order valence-corrected chi connectivity index (χ2v) is 10.3. The van der Waals surface area contributed by atoms with Gasteiger partial charge in [-0.05, 0) is 59.3 Å². The van der Waals surface area contributed by atoms with Crippen molar-refractivity contribution in [2.45, 2.75) is 13.1 Å². The first-order valence-electron chi connectivity index (χ1n) is 14.4. The van der Waals surface area contributed by atoms with Gasteiger partial charge in [0.25, 0.3) is 11.9 Å². The SMILES string of the molecule is COc1cc(NC(=O)c2cccc(-n3cc(Nc4nnnn4-c4ccccc4C)cn3)c2)ccc1N1CCOCC1.O=C(O)C(F)(F)F. The van der Waals surface area contributed by atoms with Crippen molar-refractivity contribution in [2.24, 2.45) is 0 Å². The van der Waals surface area contributed by atoms with E-state index in [1.165, 1.54) is 0 Å². The molecule has 48 heavy (non-hydrogen) atoms. The molecule has 1 saturated heterocycles. The highest BCUT2D eigenvalue weighted by atomic mass is 19.4. The molecule has 1 amide bonds. The molecule has 5 aromatic rings. The van der Waals surface area contributed by atoms with Crippen LogP contribution < -0.4 is 20.3 Å². The Morgan fingerprint density at radius 1 is 0.979 bits per heavy atom. The van der Waals surface area contributed by atoms with E-state index < -0.39 is 12.1 Å². The van der Waals surface area contributed by atoms with Gasteiger partial charge in [0.05, 0.1) is 55.5 Å². The van der Waals surface area contributed by atoms with Gasteiger partial charge in [0, 0.05) is 30.4 Å². The number of nitrogens with one attached hydrogen (secondary N) is 2. The zero-order valence-corrected chi connectivity index (χ0v) is 25.7. The molecule has 1 fully saturated rings. The number of aromatic nitrogens is 6. The third kappa shape index (κ3) is 8.05. The number of carboxylic acid groups (broad SMARTS) is 1. The summed E-state index contributed by atoms with van der Waals surface area (Å²) >= 11 is 0. The van der Waals surface area contributed by atoms with Crippen LogP contribution in [0.4, 0.5) is 36.2 Å². The number of halogens is 3. The molecule has 0 bridgehead atoms. The molecule has 6 rings (SSSR count). The lowest BCUT2D eigenvalue weighted by molar-refractivity contribution is -0.192. The van der Waals surface area contributed by atoms with Gasteiger partial charge in [0.2, 0.25) is 0 Å². The molecule has 0 unspecified atom stereocenters. The average molecular weight is 666 g/mol. The Bertz CT molecular complexity index is 1890. The Morgan fingerprint density at radius 2 is 1.73 bits per heavy atom. The van der Waals surface area contributed by atoms with Gasteiger partial charge in [0.1, 0.15) is 5.75 Å². The molecule has 3 N–H and O–H groups in total. The lowest BCUT2D eigenvalue weighted by Crippen LogP contribution is -2.36. The fourth-order valence-corrected chi connectivity index (χ4v) is 4.70. The number of amides is 1. The van der Waals surface area contributed by atoms with Crippen LogP contribution in [0.25, 0.3) is 11.4 Å². The van der Waals surface area contributed by atoms with Crippen molar-refractivity contribution in [1.29, 1.82) is 0 Å². The van der Waals surface area contributed by atoms with E-state index in [-0.39, 0.29) is 5.91 Å². The van der Waals surface area contributed by atoms with Gasteiger partial charge in [-0.25, -0.2) is 9.48 Å². The minimum Gasteiger partial charge on any atom is -0.495 e. The molecule has 0 aliphatic carbocycles. The first-order valence-corrected chi connectivity index (χ1v) is 14.4. The number of alkyl halides is 3. The van der Waals surface area contributed by atoms with Gasteiger partial charge in [-0.2, -0.15) is 23.0 Å². The molecule has 1 aliphatic heterocycles. The van der Waals surface area contributed by atoms with E-state index >= 15 is 0 Å². The van der Waals surface area contributed by atoms with E-state index in [1.54, 1.807) is 34.8 Å². The van der Waals surface area contributed by atoms with E-state index in [2.05, 4.69) is 36.2 Å². The summed E-state index contributed by atoms with van der Waals surface area (Å²) < 4.78 is 46.1. The van der Waals surface area contributed by atoms with Crippen molar-refractivity contribution in [1.82, 2.24) is 30.0 Å². The summed E-state index contributed by atoms with van der Waals surface area (Å²) in [4.78, 5) is 24.3. The van der Waals surface area contributed by atoms with Crippen LogP contribution in [-0.4, -0.2) is 86.6 Å². The minimum absolute atomic E-state index is 0.240. The predicted octanol–water partition coefficient (Wildman–Crippen LogP) is 4.63. The third-order valence-electron chi connectivity index (χ3n) is 7.06. The van der Waals surface area contributed by atoms with Crippen LogP contribution in [0, 0.1) is 6.92 Å². The topological polar surface area (TPSA) is 162 Å². The monoisotopic (exact) mass is 665 g/mol. The van der Waals surface area contributed by atoms with Crippen LogP contribution in [-0.2, 0) is 9.53 Å². The van der Waals surface area contributed by atoms with Crippen LogP contribution in [0.15, 0.2) is 79.1 Å². The summed E-state index contributed by atoms with van der Waals surface area (Å²) in [7, 11) is 1.63. The average Bonchev–Trinajstić information content (AvgIpc) is 3.75. The number of carbonyl (C=O) groups is 2. The maximum absolute atomic E-state index is 13.2. The van der Waals surface area contributed by atoms with E-state index in [0.717, 1.165) is 35.7 Å². The van der Waals surface area contributed by atoms with Crippen molar-refractivity contribution in [3.63, 3.8) is 0 Å². The molecule has 3 heterocycles. The molecule has 0 atom stereocenters. The number of ether oxygens (including phenoxy) is 2. The highest BCUT2D eigenvalue weighted by Crippen LogP contribution is 2.32. The van der Waals surface area contributed by atoms with Crippen molar-refractivity contribution >= 4 is 34.9 Å². The number of rotatable bonds is 8. The number of aliphatic carboxylic acids is 1. The standard InChI is InChI=1S/C29H29N9O3.C2HF3O2/c1-20-6-3-4-9-25(20)38-29(33-34-35-38)32-23-18-30-37(19-23)24-8-5-7-21(16-24)28(39)31-22-10-11-26(27(17-22)40-2)36-12-14-41-15-13-36;3-2(4,5)1(6)7/h3-11,16-19H,12-15H2,1-2H3,(H,31,39)(H,32,33,35);(H,6,7). The fraction of sp³-hybridized carbons (Fsp3) is 0.226. The zero-order valence-electron chi connectivity index (χ0n) is 25.7. The molecular weight excluding hydrogens is 635 g/mol. The number of para-hydroxylation sites is 1. The van der Waals surface area contributed by atoms with E-state index in [1.807, 2.05) is 67.7 Å². The highest BCUT2D eigenvalue weighted by Gasteiger charge is 2.38. The summed E-state index contributed by atoms with van der Waals surface area (Å²) in [6, 6.07) is 20.8. The number of tetrazole rings is 1. The number of carbonyl (C=O) groups excluding carboxylic acids is 1. The van der Waals surface area contributed by atoms with Gasteiger partial charge in [-0.15, -0.1) is 0 Å². The van der Waals surface area contributed by atoms with Crippen LogP contribution in [0.5, 0.6) is 5.75 Å². The lowest BCUT2D eigenvalue weighted by Gasteiger charge is -2.30. The summed E-state index contributed by atoms with van der Waals surface area (Å²) in [5, 5.41) is 29.8. The van der Waals surface area contributed by atoms with E-state index in [9.17, 15) is 18.0 Å². The quantitative estimate of drug-likeness (QED) is 0.212. The summed E-state index contributed by atoms with van der Waals surface area (Å²) in [6.07, 6.45) is -1.60. The van der Waals surface area contributed by atoms with Crippen LogP contribution >= 0.6 is 0 Å². The van der Waals surface area contributed by atoms with Crippen molar-refractivity contribution in [3.05, 3.63) is 90.3 Å². The molecule has 0 radical (unpaired) electrons. The largest absolute Gasteiger partial charge is 0.495 e. The number of nitrogens with zero attached hydrogens (tertiary/aromatic N) is 7. The number of methoxy groups -OCH3 is 1. The molecule has 14 nitrogen and oxygen atoms in total. The second kappa shape index (κ2) is 14.6. The molecule has 17 heteroatoms. The van der Waals surface area contributed by atoms with E-state index in [0.29, 0.717) is 41.8 Å². The van der Waals surface area contributed by atoms with Crippen LogP contribution in [0.2, 0.25) is 0 Å². The van der Waals surface area contributed by atoms with Gasteiger partial charge in [0.15, 0.2) is 0 Å². The Kier molecular flexibility index (Phi) is 10.2. The molecule has 250 valence electrons. The number of hydrogen-bond donors (Lipinski definition) is 3. The first kappa shape index (κ1) is 33.4. The maximum atomic E-state index is 13.2. The molecule has 1 aliphatic rings. The molecular formula is C31H30F3N9O5. The molecule has 2 aromatic heterocycles. The first-order chi connectivity index (χ1) is 23.0. The number of carboxylic acids is 1. The smallest absolute Gasteiger partial charge is 0.490 e. The van der Waals surface area contributed by atoms with Crippen molar-refractivity contribution in [3.8, 4) is 17.1 Å². The van der Waals surface area contributed by atoms with Gasteiger partial charge < -0.3 is 30.1 Å². The Balaban J connectivity index is 0.000000582. The van der Waals surface area contributed by atoms with Crippen LogP contribution in [0.1, 0.15) is 15.9 Å². The highest BCUT2D eigenvalue weighted by molar-refractivity contribution is 6.04. The molecule has 3 aromatic carbocycles. The van der Waals surface area contributed by atoms with Gasteiger partial charge >= 0.3 is 12.1 Å². The fourth-order valence-electron chi connectivity index (χ4n) is 4.70. The molecule has 0 saturated carbocycles. The molecule has 0 spiro atoms. The zero-order chi connectivity index (χ0) is 34.3. The predicted molar refractivity (Wildman–Crippen MR) is 168 cm³/mol.